The Bertz CT molecular complexity index is 1130. The van der Waals surface area contributed by atoms with Crippen LogP contribution < -0.4 is 14.8 Å². The number of halogens is 2. The number of urea groups is 1. The smallest absolute Gasteiger partial charge is 0.333 e. The van der Waals surface area contributed by atoms with Gasteiger partial charge in [0.1, 0.15) is 5.75 Å². The maximum absolute atomic E-state index is 14.4. The minimum Gasteiger partial charge on any atom is -0.466 e. The van der Waals surface area contributed by atoms with Crippen molar-refractivity contribution in [1.82, 2.24) is 10.0 Å². The van der Waals surface area contributed by atoms with Crippen molar-refractivity contribution in [2.75, 3.05) is 27.4 Å². The largest absolute Gasteiger partial charge is 0.466 e. The first-order valence-electron chi connectivity index (χ1n) is 9.40. The Morgan fingerprint density at radius 3 is 2.21 bits per heavy atom. The molecule has 0 unspecified atom stereocenters. The second-order valence-electron chi connectivity index (χ2n) is 6.56. The molecular formula is C21H22F2N2O7S. The molecular weight excluding hydrogens is 462 g/mol. The van der Waals surface area contributed by atoms with E-state index in [2.05, 4.69) is 10.1 Å². The van der Waals surface area contributed by atoms with Crippen molar-refractivity contribution in [1.29, 1.82) is 0 Å². The fraction of sp³-hybridized carbons (Fsp3) is 0.238. The molecule has 0 atom stereocenters. The van der Waals surface area contributed by atoms with Gasteiger partial charge in [-0.15, -0.1) is 0 Å². The van der Waals surface area contributed by atoms with Gasteiger partial charge < -0.3 is 19.5 Å². The van der Waals surface area contributed by atoms with Gasteiger partial charge in [-0.25, -0.2) is 31.5 Å². The molecule has 0 spiro atoms. The van der Waals surface area contributed by atoms with Crippen LogP contribution in [0.2, 0.25) is 0 Å². The molecule has 0 aliphatic rings. The van der Waals surface area contributed by atoms with Gasteiger partial charge in [0.05, 0.1) is 18.6 Å². The summed E-state index contributed by atoms with van der Waals surface area (Å²) >= 11 is 0. The zero-order valence-corrected chi connectivity index (χ0v) is 18.8. The van der Waals surface area contributed by atoms with Gasteiger partial charge in [0.25, 0.3) is 10.0 Å². The molecule has 0 saturated heterocycles. The highest BCUT2D eigenvalue weighted by atomic mass is 32.2. The third-order valence-corrected chi connectivity index (χ3v) is 5.43. The molecule has 0 aliphatic carbocycles. The first kappa shape index (κ1) is 25.7. The van der Waals surface area contributed by atoms with E-state index in [0.717, 1.165) is 24.3 Å². The van der Waals surface area contributed by atoms with E-state index in [1.165, 1.54) is 39.4 Å². The highest BCUT2D eigenvalue weighted by Gasteiger charge is 2.19. The van der Waals surface area contributed by atoms with Gasteiger partial charge in [-0.05, 0) is 55.0 Å². The van der Waals surface area contributed by atoms with E-state index in [9.17, 15) is 26.8 Å². The molecule has 0 aromatic heterocycles. The molecule has 33 heavy (non-hydrogen) atoms. The molecule has 178 valence electrons. The van der Waals surface area contributed by atoms with Crippen molar-refractivity contribution >= 4 is 28.1 Å². The molecule has 0 heterocycles. The quantitative estimate of drug-likeness (QED) is 0.319. The number of carbonyl (C=O) groups excluding carboxylic acids is 2. The number of nitrogens with one attached hydrogen (secondary N) is 2. The molecule has 2 N–H and O–H groups in total. The summed E-state index contributed by atoms with van der Waals surface area (Å²) in [7, 11) is -1.57. The van der Waals surface area contributed by atoms with Crippen molar-refractivity contribution in [3.8, 4) is 11.5 Å². The van der Waals surface area contributed by atoms with E-state index in [-0.39, 0.29) is 34.9 Å². The predicted octanol–water partition coefficient (Wildman–Crippen LogP) is 2.97. The lowest BCUT2D eigenvalue weighted by atomic mass is 10.1. The number of esters is 1. The topological polar surface area (TPSA) is 120 Å². The fourth-order valence-electron chi connectivity index (χ4n) is 2.52. The summed E-state index contributed by atoms with van der Waals surface area (Å²) < 4.78 is 69.6. The van der Waals surface area contributed by atoms with Gasteiger partial charge in [-0.3, -0.25) is 0 Å². The van der Waals surface area contributed by atoms with E-state index >= 15 is 0 Å². The maximum Gasteiger partial charge on any atom is 0.333 e. The molecule has 0 bridgehead atoms. The van der Waals surface area contributed by atoms with Crippen LogP contribution in [0.25, 0.3) is 6.08 Å². The average molecular weight is 484 g/mol. The Kier molecular flexibility index (Phi) is 8.88. The number of ether oxygens (including phenoxy) is 3. The zero-order chi connectivity index (χ0) is 24.6. The van der Waals surface area contributed by atoms with Crippen LogP contribution in [0.3, 0.4) is 0 Å². The number of hydrogen-bond acceptors (Lipinski definition) is 7. The van der Waals surface area contributed by atoms with Gasteiger partial charge >= 0.3 is 12.0 Å². The van der Waals surface area contributed by atoms with Crippen molar-refractivity contribution in [3.63, 3.8) is 0 Å². The highest BCUT2D eigenvalue weighted by Crippen LogP contribution is 2.30. The van der Waals surface area contributed by atoms with Crippen LogP contribution in [-0.2, 0) is 24.3 Å². The molecule has 12 heteroatoms. The SMILES string of the molecule is COCCNC(=O)NS(=O)(=O)c1ccc(Oc2c(F)cc(C=C(C)C(=O)OC)cc2F)cc1. The number of carbonyl (C=O) groups is 2. The van der Waals surface area contributed by atoms with Crippen LogP contribution >= 0.6 is 0 Å². The lowest BCUT2D eigenvalue weighted by Gasteiger charge is -2.11. The van der Waals surface area contributed by atoms with E-state index < -0.39 is 39.4 Å². The van der Waals surface area contributed by atoms with Gasteiger partial charge in [-0.1, -0.05) is 0 Å². The summed E-state index contributed by atoms with van der Waals surface area (Å²) in [6, 6.07) is 5.55. The third kappa shape index (κ3) is 7.26. The molecule has 0 saturated carbocycles. The highest BCUT2D eigenvalue weighted by molar-refractivity contribution is 7.90. The number of hydrogen-bond donors (Lipinski definition) is 2. The van der Waals surface area contributed by atoms with Crippen molar-refractivity contribution in [3.05, 3.63) is 59.2 Å². The van der Waals surface area contributed by atoms with E-state index in [1.54, 1.807) is 0 Å². The Labute approximate surface area is 189 Å². The Morgan fingerprint density at radius 1 is 1.06 bits per heavy atom. The van der Waals surface area contributed by atoms with E-state index in [4.69, 9.17) is 9.47 Å². The standard InChI is InChI=1S/C21H22F2N2O7S/c1-13(20(26)31-3)10-14-11-17(22)19(18(23)12-14)32-15-4-6-16(7-5-15)33(28,29)25-21(27)24-8-9-30-2/h4-7,10-12H,8-9H2,1-3H3,(H2,24,25,27). The van der Waals surface area contributed by atoms with Crippen LogP contribution in [0, 0.1) is 11.6 Å². The monoisotopic (exact) mass is 484 g/mol. The molecule has 2 rings (SSSR count). The molecule has 0 aliphatic heterocycles. The number of rotatable bonds is 9. The van der Waals surface area contributed by atoms with Gasteiger partial charge in [0.2, 0.25) is 0 Å². The van der Waals surface area contributed by atoms with Crippen molar-refractivity contribution in [2.45, 2.75) is 11.8 Å². The first-order chi connectivity index (χ1) is 15.6. The summed E-state index contributed by atoms with van der Waals surface area (Å²) in [5.74, 6) is -3.48. The molecule has 2 amide bonds. The predicted molar refractivity (Wildman–Crippen MR) is 114 cm³/mol. The lowest BCUT2D eigenvalue weighted by molar-refractivity contribution is -0.135. The molecule has 2 aromatic rings. The Balaban J connectivity index is 2.15. The summed E-state index contributed by atoms with van der Waals surface area (Å²) in [4.78, 5) is 22.8. The first-order valence-corrected chi connectivity index (χ1v) is 10.9. The van der Waals surface area contributed by atoms with Crippen LogP contribution in [0.1, 0.15) is 12.5 Å². The van der Waals surface area contributed by atoms with Gasteiger partial charge in [0, 0.05) is 19.2 Å². The van der Waals surface area contributed by atoms with Crippen molar-refractivity contribution in [2.24, 2.45) is 0 Å². The van der Waals surface area contributed by atoms with Crippen molar-refractivity contribution < 1.29 is 41.0 Å². The van der Waals surface area contributed by atoms with E-state index in [1.807, 2.05) is 4.72 Å². The second-order valence-corrected chi connectivity index (χ2v) is 8.24. The number of methoxy groups -OCH3 is 2. The second kappa shape index (κ2) is 11.4. The van der Waals surface area contributed by atoms with Crippen LogP contribution in [0.15, 0.2) is 46.9 Å². The van der Waals surface area contributed by atoms with Crippen LogP contribution in [0.4, 0.5) is 13.6 Å². The normalized spacial score (nSPS) is 11.6. The minimum absolute atomic E-state index is 0.0506. The van der Waals surface area contributed by atoms with E-state index in [0.29, 0.717) is 0 Å². The van der Waals surface area contributed by atoms with Crippen LogP contribution in [-0.4, -0.2) is 47.8 Å². The summed E-state index contributed by atoms with van der Waals surface area (Å²) in [6.45, 7) is 1.74. The number of benzene rings is 2. The maximum atomic E-state index is 14.4. The zero-order valence-electron chi connectivity index (χ0n) is 18.0. The molecule has 0 fully saturated rings. The Morgan fingerprint density at radius 2 is 1.67 bits per heavy atom. The summed E-state index contributed by atoms with van der Waals surface area (Å²) in [5.41, 5.74) is 0.222. The molecule has 9 nitrogen and oxygen atoms in total. The molecule has 0 radical (unpaired) electrons. The lowest BCUT2D eigenvalue weighted by Crippen LogP contribution is -2.40. The minimum atomic E-state index is -4.18. The molecule has 2 aromatic carbocycles. The van der Waals surface area contributed by atoms with Crippen LogP contribution in [0.5, 0.6) is 11.5 Å². The number of amides is 2. The fourth-order valence-corrected chi connectivity index (χ4v) is 3.45. The van der Waals surface area contributed by atoms with Gasteiger partial charge in [-0.2, -0.15) is 0 Å². The Hall–Kier alpha value is -3.51. The number of sulfonamides is 1. The summed E-state index contributed by atoms with van der Waals surface area (Å²) in [6.07, 6.45) is 1.25. The van der Waals surface area contributed by atoms with Gasteiger partial charge in [0.15, 0.2) is 17.4 Å². The average Bonchev–Trinajstić information content (AvgIpc) is 2.75. The summed E-state index contributed by atoms with van der Waals surface area (Å²) in [5, 5.41) is 2.30. The third-order valence-electron chi connectivity index (χ3n) is 4.08.